The van der Waals surface area contributed by atoms with Gasteiger partial charge in [-0.2, -0.15) is 0 Å². The normalized spacial score (nSPS) is 18.9. The summed E-state index contributed by atoms with van der Waals surface area (Å²) in [4.78, 5) is 1.11. The third-order valence-electron chi connectivity index (χ3n) is 3.30. The highest BCUT2D eigenvalue weighted by Crippen LogP contribution is 2.40. The molecule has 0 saturated heterocycles. The van der Waals surface area contributed by atoms with Crippen LogP contribution in [0.15, 0.2) is 21.5 Å². The maximum Gasteiger partial charge on any atom is 0.245 e. The van der Waals surface area contributed by atoms with Crippen LogP contribution >= 0.6 is 27.7 Å². The fraction of sp³-hybridized carbons (Fsp3) is 0.571. The maximum absolute atomic E-state index is 12.9. The Labute approximate surface area is 130 Å². The Kier molecular flexibility index (Phi) is 5.18. The van der Waals surface area contributed by atoms with Crippen LogP contribution in [0.3, 0.4) is 0 Å². The lowest BCUT2D eigenvalue weighted by atomic mass is 10.0. The van der Waals surface area contributed by atoms with Crippen LogP contribution in [0.4, 0.5) is 14.5 Å². The topological polar surface area (TPSA) is 21.3 Å². The second-order valence-electron chi connectivity index (χ2n) is 5.15. The predicted molar refractivity (Wildman–Crippen MR) is 83.3 cm³/mol. The van der Waals surface area contributed by atoms with Gasteiger partial charge in [0.05, 0.1) is 11.6 Å². The first-order chi connectivity index (χ1) is 9.39. The maximum atomic E-state index is 12.9. The van der Waals surface area contributed by atoms with Gasteiger partial charge in [-0.15, -0.1) is 11.8 Å². The van der Waals surface area contributed by atoms with Crippen LogP contribution in [0.2, 0.25) is 0 Å². The molecule has 1 heterocycles. The first-order valence-corrected chi connectivity index (χ1v) is 8.29. The first kappa shape index (κ1) is 15.9. The number of hydrogen-bond acceptors (Lipinski definition) is 3. The number of hydrogen-bond donors (Lipinski definition) is 1. The van der Waals surface area contributed by atoms with Crippen molar-refractivity contribution in [3.8, 4) is 5.75 Å². The molecule has 20 heavy (non-hydrogen) atoms. The zero-order valence-corrected chi connectivity index (χ0v) is 13.9. The molecule has 0 amide bonds. The highest BCUT2D eigenvalue weighted by molar-refractivity contribution is 9.10. The van der Waals surface area contributed by atoms with Gasteiger partial charge in [0.2, 0.25) is 5.92 Å². The van der Waals surface area contributed by atoms with Crippen LogP contribution < -0.4 is 10.1 Å². The second-order valence-corrected chi connectivity index (χ2v) is 7.07. The molecule has 1 N–H and O–H groups in total. The number of ether oxygens (including phenoxy) is 1. The van der Waals surface area contributed by atoms with Gasteiger partial charge in [-0.05, 0) is 47.3 Å². The van der Waals surface area contributed by atoms with Gasteiger partial charge in [0.1, 0.15) is 5.75 Å². The molecule has 1 atom stereocenters. The van der Waals surface area contributed by atoms with Crippen LogP contribution in [0.1, 0.15) is 19.8 Å². The smallest absolute Gasteiger partial charge is 0.245 e. The number of anilines is 1. The van der Waals surface area contributed by atoms with Crippen molar-refractivity contribution < 1.29 is 13.5 Å². The monoisotopic (exact) mass is 365 g/mol. The number of rotatable bonds is 4. The quantitative estimate of drug-likeness (QED) is 0.808. The minimum absolute atomic E-state index is 0.0523. The van der Waals surface area contributed by atoms with Gasteiger partial charge in [-0.1, -0.05) is 0 Å². The van der Waals surface area contributed by atoms with E-state index < -0.39 is 5.92 Å². The number of alkyl halides is 2. The molecule has 0 bridgehead atoms. The summed E-state index contributed by atoms with van der Waals surface area (Å²) in [6.45, 7) is 1.72. The third kappa shape index (κ3) is 4.25. The molecule has 2 rings (SSSR count). The summed E-state index contributed by atoms with van der Waals surface area (Å²) in [7, 11) is 1.63. The lowest BCUT2D eigenvalue weighted by Crippen LogP contribution is -2.19. The van der Waals surface area contributed by atoms with E-state index >= 15 is 0 Å². The standard InChI is InChI=1S/C14H18BrF2NOS/c1-14(16,17)4-3-9-7-18-11-5-10(15)12(19-2)6-13(11)20-8-9/h5-6,9,18H,3-4,7-8H2,1-2H3. The van der Waals surface area contributed by atoms with E-state index in [1.807, 2.05) is 12.1 Å². The number of fused-ring (bicyclic) bond motifs is 1. The number of nitrogens with one attached hydrogen (secondary N) is 1. The fourth-order valence-electron chi connectivity index (χ4n) is 2.11. The molecule has 1 aromatic carbocycles. The Morgan fingerprint density at radius 1 is 1.50 bits per heavy atom. The molecule has 0 fully saturated rings. The summed E-state index contributed by atoms with van der Waals surface area (Å²) < 4.78 is 32.1. The highest BCUT2D eigenvalue weighted by atomic mass is 79.9. The average Bonchev–Trinajstić information content (AvgIpc) is 2.56. The van der Waals surface area contributed by atoms with Crippen molar-refractivity contribution in [3.63, 3.8) is 0 Å². The Balaban J connectivity index is 2.03. The van der Waals surface area contributed by atoms with Crippen molar-refractivity contribution in [1.82, 2.24) is 0 Å². The van der Waals surface area contributed by atoms with Crippen molar-refractivity contribution in [2.24, 2.45) is 5.92 Å². The summed E-state index contributed by atoms with van der Waals surface area (Å²) >= 11 is 5.16. The molecule has 0 radical (unpaired) electrons. The lowest BCUT2D eigenvalue weighted by molar-refractivity contribution is 0.00784. The van der Waals surface area contributed by atoms with E-state index in [0.29, 0.717) is 6.42 Å². The highest BCUT2D eigenvalue weighted by Gasteiger charge is 2.25. The molecule has 0 saturated carbocycles. The van der Waals surface area contributed by atoms with Crippen LogP contribution in [0.25, 0.3) is 0 Å². The third-order valence-corrected chi connectivity index (χ3v) is 5.21. The van der Waals surface area contributed by atoms with Crippen LogP contribution in [0, 0.1) is 5.92 Å². The van der Waals surface area contributed by atoms with Crippen LogP contribution in [-0.2, 0) is 0 Å². The predicted octanol–water partition coefficient (Wildman–Crippen LogP) is 5.03. The van der Waals surface area contributed by atoms with E-state index in [-0.39, 0.29) is 12.3 Å². The molecule has 1 aliphatic rings. The summed E-state index contributed by atoms with van der Waals surface area (Å²) in [5.74, 6) is -0.684. The van der Waals surface area contributed by atoms with E-state index in [2.05, 4.69) is 21.2 Å². The molecular weight excluding hydrogens is 348 g/mol. The van der Waals surface area contributed by atoms with Gasteiger partial charge in [0, 0.05) is 29.3 Å². The minimum atomic E-state index is -2.57. The number of thioether (sulfide) groups is 1. The van der Waals surface area contributed by atoms with E-state index in [4.69, 9.17) is 4.74 Å². The van der Waals surface area contributed by atoms with E-state index in [9.17, 15) is 8.78 Å². The molecule has 1 unspecified atom stereocenters. The number of benzene rings is 1. The van der Waals surface area contributed by atoms with E-state index in [1.54, 1.807) is 18.9 Å². The SMILES string of the molecule is COc1cc2c(cc1Br)NCC(CCC(C)(F)F)CS2. The van der Waals surface area contributed by atoms with Crippen molar-refractivity contribution in [2.75, 3.05) is 24.7 Å². The van der Waals surface area contributed by atoms with Crippen molar-refractivity contribution in [1.29, 1.82) is 0 Å². The van der Waals surface area contributed by atoms with Gasteiger partial charge in [-0.3, -0.25) is 0 Å². The molecule has 0 spiro atoms. The zero-order chi connectivity index (χ0) is 14.8. The molecule has 6 heteroatoms. The van der Waals surface area contributed by atoms with Gasteiger partial charge in [-0.25, -0.2) is 8.78 Å². The minimum Gasteiger partial charge on any atom is -0.496 e. The summed E-state index contributed by atoms with van der Waals surface area (Å²) in [6, 6.07) is 3.96. The molecule has 2 nitrogen and oxygen atoms in total. The van der Waals surface area contributed by atoms with E-state index in [1.165, 1.54) is 0 Å². The van der Waals surface area contributed by atoms with Gasteiger partial charge >= 0.3 is 0 Å². The number of halogens is 3. The lowest BCUT2D eigenvalue weighted by Gasteiger charge is -2.16. The van der Waals surface area contributed by atoms with E-state index in [0.717, 1.165) is 40.0 Å². The van der Waals surface area contributed by atoms with Crippen LogP contribution in [-0.4, -0.2) is 25.3 Å². The van der Waals surface area contributed by atoms with Gasteiger partial charge in [0.25, 0.3) is 0 Å². The fourth-order valence-corrected chi connectivity index (χ4v) is 3.79. The summed E-state index contributed by atoms with van der Waals surface area (Å²) in [6.07, 6.45) is 0.485. The van der Waals surface area contributed by atoms with Crippen molar-refractivity contribution in [3.05, 3.63) is 16.6 Å². The zero-order valence-electron chi connectivity index (χ0n) is 11.5. The Morgan fingerprint density at radius 3 is 2.90 bits per heavy atom. The molecule has 0 aliphatic carbocycles. The molecule has 0 aromatic heterocycles. The largest absolute Gasteiger partial charge is 0.496 e. The van der Waals surface area contributed by atoms with Crippen molar-refractivity contribution in [2.45, 2.75) is 30.6 Å². The first-order valence-electron chi connectivity index (χ1n) is 6.51. The van der Waals surface area contributed by atoms with Gasteiger partial charge < -0.3 is 10.1 Å². The Morgan fingerprint density at radius 2 is 2.25 bits per heavy atom. The molecule has 112 valence electrons. The summed E-state index contributed by atoms with van der Waals surface area (Å²) in [5, 5.41) is 3.35. The average molecular weight is 366 g/mol. The molecule has 1 aromatic rings. The Bertz CT molecular complexity index is 479. The Hall–Kier alpha value is -0.490. The summed E-state index contributed by atoms with van der Waals surface area (Å²) in [5.41, 5.74) is 1.04. The number of methoxy groups -OCH3 is 1. The van der Waals surface area contributed by atoms with Crippen LogP contribution in [0.5, 0.6) is 5.75 Å². The molecular formula is C14H18BrF2NOS. The second kappa shape index (κ2) is 6.52. The van der Waals surface area contributed by atoms with Crippen molar-refractivity contribution >= 4 is 33.4 Å². The molecule has 1 aliphatic heterocycles. The van der Waals surface area contributed by atoms with Gasteiger partial charge in [0.15, 0.2) is 0 Å².